The van der Waals surface area contributed by atoms with Crippen LogP contribution < -0.4 is 5.32 Å². The van der Waals surface area contributed by atoms with Crippen LogP contribution in [0.2, 0.25) is 0 Å². The number of amides is 1. The standard InChI is InChI=1S/C22H28N2O2/c1-16-14-24(15-17(2)26-16)22(25)18(3)23-21-12-8-7-11-20(21)13-19-9-5-4-6-10-19/h4-12,16-18,23H,13-15H2,1-3H3/t16-,17-,18+/m0/s1. The number of nitrogens with one attached hydrogen (secondary N) is 1. The van der Waals surface area contributed by atoms with Crippen LogP contribution in [0.3, 0.4) is 0 Å². The first-order valence-electron chi connectivity index (χ1n) is 9.35. The molecule has 0 spiro atoms. The van der Waals surface area contributed by atoms with Crippen LogP contribution in [-0.4, -0.2) is 42.1 Å². The first-order valence-corrected chi connectivity index (χ1v) is 9.35. The summed E-state index contributed by atoms with van der Waals surface area (Å²) in [5.74, 6) is 0.126. The van der Waals surface area contributed by atoms with Crippen LogP contribution in [0.15, 0.2) is 54.6 Å². The molecule has 26 heavy (non-hydrogen) atoms. The smallest absolute Gasteiger partial charge is 0.244 e. The fraction of sp³-hybridized carbons (Fsp3) is 0.409. The lowest BCUT2D eigenvalue weighted by molar-refractivity contribution is -0.143. The van der Waals surface area contributed by atoms with Crippen molar-refractivity contribution >= 4 is 11.6 Å². The summed E-state index contributed by atoms with van der Waals surface area (Å²) in [7, 11) is 0. The van der Waals surface area contributed by atoms with Crippen molar-refractivity contribution in [3.05, 3.63) is 65.7 Å². The average Bonchev–Trinajstić information content (AvgIpc) is 2.62. The average molecular weight is 352 g/mol. The summed E-state index contributed by atoms with van der Waals surface area (Å²) in [6.45, 7) is 7.28. The van der Waals surface area contributed by atoms with Gasteiger partial charge in [0.05, 0.1) is 12.2 Å². The number of benzene rings is 2. The zero-order chi connectivity index (χ0) is 18.5. The third-order valence-electron chi connectivity index (χ3n) is 4.73. The number of rotatable bonds is 5. The summed E-state index contributed by atoms with van der Waals surface area (Å²) in [5, 5.41) is 3.43. The van der Waals surface area contributed by atoms with E-state index in [1.165, 1.54) is 11.1 Å². The molecule has 3 atom stereocenters. The fourth-order valence-electron chi connectivity index (χ4n) is 3.56. The summed E-state index contributed by atoms with van der Waals surface area (Å²) >= 11 is 0. The molecule has 0 aliphatic carbocycles. The lowest BCUT2D eigenvalue weighted by Crippen LogP contribution is -2.52. The molecular weight excluding hydrogens is 324 g/mol. The van der Waals surface area contributed by atoms with Gasteiger partial charge in [0, 0.05) is 18.8 Å². The number of carbonyl (C=O) groups excluding carboxylic acids is 1. The van der Waals surface area contributed by atoms with Crippen molar-refractivity contribution in [3.8, 4) is 0 Å². The van der Waals surface area contributed by atoms with Gasteiger partial charge in [0.1, 0.15) is 6.04 Å². The van der Waals surface area contributed by atoms with Crippen molar-refractivity contribution in [1.82, 2.24) is 4.90 Å². The molecule has 2 aromatic carbocycles. The van der Waals surface area contributed by atoms with E-state index in [1.54, 1.807) is 0 Å². The van der Waals surface area contributed by atoms with Crippen molar-refractivity contribution in [1.29, 1.82) is 0 Å². The van der Waals surface area contributed by atoms with Gasteiger partial charge in [-0.15, -0.1) is 0 Å². The quantitative estimate of drug-likeness (QED) is 0.892. The molecule has 2 aromatic rings. The molecule has 1 saturated heterocycles. The van der Waals surface area contributed by atoms with Gasteiger partial charge in [-0.2, -0.15) is 0 Å². The Hall–Kier alpha value is -2.33. The molecule has 3 rings (SSSR count). The summed E-state index contributed by atoms with van der Waals surface area (Å²) in [4.78, 5) is 14.8. The molecule has 1 aliphatic heterocycles. The van der Waals surface area contributed by atoms with Gasteiger partial charge >= 0.3 is 0 Å². The van der Waals surface area contributed by atoms with Crippen LogP contribution >= 0.6 is 0 Å². The number of carbonyl (C=O) groups is 1. The second kappa shape index (κ2) is 8.37. The van der Waals surface area contributed by atoms with Gasteiger partial charge in [-0.1, -0.05) is 48.5 Å². The van der Waals surface area contributed by atoms with Crippen LogP contribution in [0, 0.1) is 0 Å². The molecule has 1 N–H and O–H groups in total. The minimum Gasteiger partial charge on any atom is -0.374 e. The van der Waals surface area contributed by atoms with E-state index in [4.69, 9.17) is 4.74 Å². The van der Waals surface area contributed by atoms with E-state index < -0.39 is 0 Å². The predicted octanol–water partition coefficient (Wildman–Crippen LogP) is 3.71. The number of hydrogen-bond donors (Lipinski definition) is 1. The van der Waals surface area contributed by atoms with E-state index in [2.05, 4.69) is 35.6 Å². The highest BCUT2D eigenvalue weighted by molar-refractivity contribution is 5.84. The molecule has 0 unspecified atom stereocenters. The third-order valence-corrected chi connectivity index (χ3v) is 4.73. The summed E-state index contributed by atoms with van der Waals surface area (Å²) < 4.78 is 5.74. The topological polar surface area (TPSA) is 41.6 Å². The van der Waals surface area contributed by atoms with Gasteiger partial charge in [0.25, 0.3) is 0 Å². The maximum absolute atomic E-state index is 12.9. The molecule has 138 valence electrons. The van der Waals surface area contributed by atoms with E-state index in [0.29, 0.717) is 13.1 Å². The summed E-state index contributed by atoms with van der Waals surface area (Å²) in [6, 6.07) is 18.3. The van der Waals surface area contributed by atoms with E-state index in [9.17, 15) is 4.79 Å². The van der Waals surface area contributed by atoms with Gasteiger partial charge in [0.15, 0.2) is 0 Å². The van der Waals surface area contributed by atoms with Crippen LogP contribution in [-0.2, 0) is 16.0 Å². The molecule has 1 aliphatic rings. The zero-order valence-corrected chi connectivity index (χ0v) is 15.8. The first kappa shape index (κ1) is 18.5. The molecule has 0 saturated carbocycles. The van der Waals surface area contributed by atoms with Crippen molar-refractivity contribution in [2.45, 2.75) is 45.4 Å². The molecule has 0 aromatic heterocycles. The Labute approximate surface area is 156 Å². The summed E-state index contributed by atoms with van der Waals surface area (Å²) in [6.07, 6.45) is 1.01. The Morgan fingerprint density at radius 3 is 2.38 bits per heavy atom. The molecular formula is C22H28N2O2. The number of anilines is 1. The second-order valence-electron chi connectivity index (χ2n) is 7.19. The van der Waals surface area contributed by atoms with Gasteiger partial charge in [0.2, 0.25) is 5.91 Å². The lowest BCUT2D eigenvalue weighted by Gasteiger charge is -2.37. The molecule has 0 radical (unpaired) electrons. The SMILES string of the molecule is C[C@H]1CN(C(=O)[C@@H](C)Nc2ccccc2Cc2ccccc2)C[C@H](C)O1. The number of para-hydroxylation sites is 1. The lowest BCUT2D eigenvalue weighted by atomic mass is 10.0. The van der Waals surface area contributed by atoms with Crippen LogP contribution in [0.5, 0.6) is 0 Å². The highest BCUT2D eigenvalue weighted by atomic mass is 16.5. The first-order chi connectivity index (χ1) is 12.5. The van der Waals surface area contributed by atoms with Gasteiger partial charge in [-0.25, -0.2) is 0 Å². The number of morpholine rings is 1. The summed E-state index contributed by atoms with van der Waals surface area (Å²) in [5.41, 5.74) is 3.48. The van der Waals surface area contributed by atoms with Crippen molar-refractivity contribution in [3.63, 3.8) is 0 Å². The molecule has 1 heterocycles. The second-order valence-corrected chi connectivity index (χ2v) is 7.19. The Morgan fingerprint density at radius 1 is 1.08 bits per heavy atom. The van der Waals surface area contributed by atoms with Crippen molar-refractivity contribution in [2.24, 2.45) is 0 Å². The molecule has 1 amide bonds. The fourth-order valence-corrected chi connectivity index (χ4v) is 3.56. The number of hydrogen-bond acceptors (Lipinski definition) is 3. The minimum absolute atomic E-state index is 0.0836. The van der Waals surface area contributed by atoms with E-state index in [1.807, 2.05) is 49.9 Å². The zero-order valence-electron chi connectivity index (χ0n) is 15.8. The van der Waals surface area contributed by atoms with E-state index in [0.717, 1.165) is 12.1 Å². The van der Waals surface area contributed by atoms with Crippen molar-refractivity contribution < 1.29 is 9.53 Å². The maximum Gasteiger partial charge on any atom is 0.244 e. The predicted molar refractivity (Wildman–Crippen MR) is 105 cm³/mol. The highest BCUT2D eigenvalue weighted by Crippen LogP contribution is 2.21. The largest absolute Gasteiger partial charge is 0.374 e. The Balaban J connectivity index is 1.69. The highest BCUT2D eigenvalue weighted by Gasteiger charge is 2.28. The monoisotopic (exact) mass is 352 g/mol. The van der Waals surface area contributed by atoms with E-state index in [-0.39, 0.29) is 24.2 Å². The van der Waals surface area contributed by atoms with Crippen LogP contribution in [0.1, 0.15) is 31.9 Å². The molecule has 4 heteroatoms. The Bertz CT molecular complexity index is 722. The number of ether oxygens (including phenoxy) is 1. The van der Waals surface area contributed by atoms with Gasteiger partial charge in [-0.3, -0.25) is 4.79 Å². The Kier molecular flexibility index (Phi) is 5.94. The van der Waals surface area contributed by atoms with Crippen molar-refractivity contribution in [2.75, 3.05) is 18.4 Å². The third kappa shape index (κ3) is 4.64. The molecule has 4 nitrogen and oxygen atoms in total. The molecule has 0 bridgehead atoms. The van der Waals surface area contributed by atoms with Crippen LogP contribution in [0.4, 0.5) is 5.69 Å². The van der Waals surface area contributed by atoms with Gasteiger partial charge < -0.3 is 15.0 Å². The minimum atomic E-state index is -0.274. The van der Waals surface area contributed by atoms with Crippen LogP contribution in [0.25, 0.3) is 0 Å². The Morgan fingerprint density at radius 2 is 1.69 bits per heavy atom. The van der Waals surface area contributed by atoms with E-state index >= 15 is 0 Å². The normalized spacial score (nSPS) is 21.3. The molecule has 1 fully saturated rings. The maximum atomic E-state index is 12.9. The van der Waals surface area contributed by atoms with Gasteiger partial charge in [-0.05, 0) is 44.4 Å². The number of nitrogens with zero attached hydrogens (tertiary/aromatic N) is 1.